The van der Waals surface area contributed by atoms with Gasteiger partial charge in [-0.3, -0.25) is 4.79 Å². The lowest BCUT2D eigenvalue weighted by molar-refractivity contribution is -0.332. The molecule has 0 radical (unpaired) electrons. The highest BCUT2D eigenvalue weighted by molar-refractivity contribution is 5.98. The third kappa shape index (κ3) is 7.38. The van der Waals surface area contributed by atoms with Gasteiger partial charge in [-0.25, -0.2) is 0 Å². The van der Waals surface area contributed by atoms with Gasteiger partial charge in [0.2, 0.25) is 0 Å². The molecule has 2 saturated heterocycles. The number of benzene rings is 2. The Hall–Kier alpha value is -2.59. The van der Waals surface area contributed by atoms with Gasteiger partial charge in [0.15, 0.2) is 12.6 Å². The number of carbonyl (C=O) groups is 1. The molecule has 1 saturated carbocycles. The summed E-state index contributed by atoms with van der Waals surface area (Å²) < 4.78 is 28.1. The molecule has 14 N–H and O–H groups in total. The molecule has 10 unspecified atom stereocenters. The first-order valence-electron chi connectivity index (χ1n) is 15.3. The summed E-state index contributed by atoms with van der Waals surface area (Å²) in [6.45, 7) is -0.906. The van der Waals surface area contributed by atoms with Crippen LogP contribution in [0.2, 0.25) is 0 Å². The SMILES string of the molecule is COc1ccc2cc(C(=O)NCC3O[C@H](OC4C(N)CC(N)C(OC5O[C@H](CO)C(O)C(N)[C@H]5O)[C@H]4O)C(O)C(O)[C@@H]3O)ccc2c1. The van der Waals surface area contributed by atoms with E-state index in [9.17, 15) is 40.5 Å². The summed E-state index contributed by atoms with van der Waals surface area (Å²) in [7, 11) is 1.56. The van der Waals surface area contributed by atoms with E-state index in [0.29, 0.717) is 11.3 Å². The second kappa shape index (κ2) is 14.9. The second-order valence-corrected chi connectivity index (χ2v) is 12.2. The van der Waals surface area contributed by atoms with E-state index < -0.39 is 104 Å². The van der Waals surface area contributed by atoms with Gasteiger partial charge >= 0.3 is 0 Å². The van der Waals surface area contributed by atoms with E-state index in [4.69, 9.17) is 40.9 Å². The summed E-state index contributed by atoms with van der Waals surface area (Å²) in [5.41, 5.74) is 18.6. The Balaban J connectivity index is 1.24. The molecule has 262 valence electrons. The zero-order valence-electron chi connectivity index (χ0n) is 25.6. The number of aliphatic hydroxyl groups excluding tert-OH is 7. The van der Waals surface area contributed by atoms with Crippen LogP contribution in [0.25, 0.3) is 10.8 Å². The number of amides is 1. The molecule has 3 fully saturated rings. The van der Waals surface area contributed by atoms with Crippen molar-refractivity contribution in [1.29, 1.82) is 0 Å². The van der Waals surface area contributed by atoms with E-state index in [2.05, 4.69) is 5.32 Å². The summed E-state index contributed by atoms with van der Waals surface area (Å²) in [6.07, 6.45) is -17.7. The lowest BCUT2D eigenvalue weighted by atomic mass is 9.84. The first kappa shape index (κ1) is 35.7. The van der Waals surface area contributed by atoms with Crippen molar-refractivity contribution in [3.8, 4) is 5.75 Å². The summed E-state index contributed by atoms with van der Waals surface area (Å²) in [5.74, 6) is 0.181. The molecular weight excluding hydrogens is 624 g/mol. The lowest BCUT2D eigenvalue weighted by Crippen LogP contribution is -2.68. The molecule has 2 heterocycles. The lowest BCUT2D eigenvalue weighted by Gasteiger charge is -2.48. The maximum atomic E-state index is 13.0. The van der Waals surface area contributed by atoms with Crippen LogP contribution in [0.5, 0.6) is 5.75 Å². The van der Waals surface area contributed by atoms with E-state index in [1.165, 1.54) is 0 Å². The number of methoxy groups -OCH3 is 1. The highest BCUT2D eigenvalue weighted by Gasteiger charge is 2.51. The Morgan fingerprint density at radius 3 is 2.02 bits per heavy atom. The van der Waals surface area contributed by atoms with Crippen LogP contribution < -0.4 is 27.3 Å². The number of hydrogen-bond acceptors (Lipinski definition) is 16. The number of hydrogen-bond donors (Lipinski definition) is 11. The molecule has 1 amide bonds. The van der Waals surface area contributed by atoms with Crippen molar-refractivity contribution in [2.24, 2.45) is 17.2 Å². The normalized spacial score (nSPS) is 41.0. The molecule has 0 spiro atoms. The first-order chi connectivity index (χ1) is 22.3. The highest BCUT2D eigenvalue weighted by Crippen LogP contribution is 2.31. The van der Waals surface area contributed by atoms with Crippen molar-refractivity contribution < 1.29 is 64.2 Å². The smallest absolute Gasteiger partial charge is 0.251 e. The third-order valence-corrected chi connectivity index (χ3v) is 9.02. The van der Waals surface area contributed by atoms with Crippen LogP contribution in [-0.2, 0) is 18.9 Å². The van der Waals surface area contributed by atoms with E-state index in [1.54, 1.807) is 37.4 Å². The van der Waals surface area contributed by atoms with Crippen molar-refractivity contribution in [2.45, 2.75) is 98.2 Å². The zero-order chi connectivity index (χ0) is 34.2. The van der Waals surface area contributed by atoms with Crippen LogP contribution in [0.1, 0.15) is 16.8 Å². The Labute approximate surface area is 269 Å². The van der Waals surface area contributed by atoms with E-state index in [-0.39, 0.29) is 13.0 Å². The van der Waals surface area contributed by atoms with Crippen molar-refractivity contribution in [2.75, 3.05) is 20.3 Å². The van der Waals surface area contributed by atoms with Gasteiger partial charge < -0.3 is 81.9 Å². The molecule has 1 aliphatic carbocycles. The highest BCUT2D eigenvalue weighted by atomic mass is 16.7. The van der Waals surface area contributed by atoms with E-state index in [0.717, 1.165) is 10.8 Å². The predicted molar refractivity (Wildman–Crippen MR) is 162 cm³/mol. The number of nitrogens with one attached hydrogen (secondary N) is 1. The maximum absolute atomic E-state index is 13.0. The average Bonchev–Trinajstić information content (AvgIpc) is 3.06. The Morgan fingerprint density at radius 2 is 1.38 bits per heavy atom. The average molecular weight is 669 g/mol. The number of rotatable bonds is 9. The minimum absolute atomic E-state index is 0.0271. The third-order valence-electron chi connectivity index (χ3n) is 9.02. The predicted octanol–water partition coefficient (Wildman–Crippen LogP) is -4.66. The quantitative estimate of drug-likeness (QED) is 0.120. The summed E-state index contributed by atoms with van der Waals surface area (Å²) in [6, 6.07) is 7.40. The Kier molecular flexibility index (Phi) is 11.3. The van der Waals surface area contributed by atoms with E-state index >= 15 is 0 Å². The van der Waals surface area contributed by atoms with Gasteiger partial charge in [0.05, 0.1) is 19.8 Å². The number of carbonyl (C=O) groups excluding carboxylic acids is 1. The van der Waals surface area contributed by atoms with Crippen LogP contribution in [0.15, 0.2) is 36.4 Å². The molecule has 17 heteroatoms. The Morgan fingerprint density at radius 1 is 0.787 bits per heavy atom. The molecule has 15 atom stereocenters. The van der Waals surface area contributed by atoms with Crippen LogP contribution >= 0.6 is 0 Å². The molecule has 2 aliphatic heterocycles. The van der Waals surface area contributed by atoms with Gasteiger partial charge in [-0.05, 0) is 41.5 Å². The number of nitrogens with two attached hydrogens (primary N) is 3. The molecule has 0 bridgehead atoms. The largest absolute Gasteiger partial charge is 0.497 e. The molecule has 5 rings (SSSR count). The van der Waals surface area contributed by atoms with Crippen molar-refractivity contribution in [1.82, 2.24) is 5.32 Å². The Bertz CT molecular complexity index is 1370. The molecule has 3 aliphatic rings. The molecule has 2 aromatic carbocycles. The molecule has 17 nitrogen and oxygen atoms in total. The van der Waals surface area contributed by atoms with Crippen LogP contribution in [0.3, 0.4) is 0 Å². The van der Waals surface area contributed by atoms with Crippen molar-refractivity contribution in [3.63, 3.8) is 0 Å². The molecule has 47 heavy (non-hydrogen) atoms. The summed E-state index contributed by atoms with van der Waals surface area (Å²) in [5, 5.41) is 77.6. The van der Waals surface area contributed by atoms with Crippen LogP contribution in [0.4, 0.5) is 0 Å². The fourth-order valence-corrected chi connectivity index (χ4v) is 6.16. The number of aliphatic hydroxyl groups is 7. The first-order valence-corrected chi connectivity index (χ1v) is 15.3. The fraction of sp³-hybridized carbons (Fsp3) is 0.633. The van der Waals surface area contributed by atoms with Gasteiger partial charge in [-0.1, -0.05) is 12.1 Å². The fourth-order valence-electron chi connectivity index (χ4n) is 6.16. The minimum Gasteiger partial charge on any atom is -0.497 e. The van der Waals surface area contributed by atoms with Gasteiger partial charge in [0.1, 0.15) is 66.8 Å². The maximum Gasteiger partial charge on any atom is 0.251 e. The van der Waals surface area contributed by atoms with Gasteiger partial charge in [0.25, 0.3) is 5.91 Å². The van der Waals surface area contributed by atoms with Crippen LogP contribution in [-0.4, -0.2) is 154 Å². The van der Waals surface area contributed by atoms with Gasteiger partial charge in [-0.15, -0.1) is 0 Å². The molecule has 0 aromatic heterocycles. The molecule has 2 aromatic rings. The topological polar surface area (TPSA) is 295 Å². The van der Waals surface area contributed by atoms with Crippen molar-refractivity contribution >= 4 is 16.7 Å². The summed E-state index contributed by atoms with van der Waals surface area (Å²) >= 11 is 0. The van der Waals surface area contributed by atoms with Crippen LogP contribution in [0, 0.1) is 0 Å². The minimum atomic E-state index is -1.78. The van der Waals surface area contributed by atoms with Gasteiger partial charge in [-0.2, -0.15) is 0 Å². The second-order valence-electron chi connectivity index (χ2n) is 12.2. The number of fused-ring (bicyclic) bond motifs is 1. The molecular formula is C30H44N4O13. The zero-order valence-corrected chi connectivity index (χ0v) is 25.6. The standard InChI is InChI=1S/C30H44N4O13/c1-43-14-5-4-11-6-13(3-2-12(11)7-14)28(42)34-9-17-21(37)23(39)24(40)30(44-17)47-27-16(32)8-15(31)26(25(27)41)46-29-22(38)19(33)20(36)18(10-35)45-29/h2-7,15-27,29-30,35-41H,8-10,31-33H2,1H3,(H,34,42)/t15?,16?,17?,18-,19?,20?,21-,22-,23?,24?,25-,26?,27?,29?,30-/m1/s1. The number of ether oxygens (including phenoxy) is 5. The van der Waals surface area contributed by atoms with E-state index in [1.807, 2.05) is 6.07 Å². The van der Waals surface area contributed by atoms with Crippen molar-refractivity contribution in [3.05, 3.63) is 42.0 Å². The monoisotopic (exact) mass is 668 g/mol. The summed E-state index contributed by atoms with van der Waals surface area (Å²) in [4.78, 5) is 13.0. The van der Waals surface area contributed by atoms with Gasteiger partial charge in [0, 0.05) is 24.2 Å².